The number of anilines is 1. The highest BCUT2D eigenvalue weighted by Crippen LogP contribution is 2.33. The first-order valence-corrected chi connectivity index (χ1v) is 13.9. The molecular weight excluding hydrogens is 490 g/mol. The van der Waals surface area contributed by atoms with Crippen LogP contribution in [-0.4, -0.2) is 81.2 Å². The van der Waals surface area contributed by atoms with Crippen molar-refractivity contribution in [1.82, 2.24) is 24.3 Å². The van der Waals surface area contributed by atoms with Crippen LogP contribution in [0.4, 0.5) is 14.7 Å². The Kier molecular flexibility index (Phi) is 7.29. The normalized spacial score (nSPS) is 23.5. The van der Waals surface area contributed by atoms with E-state index in [0.717, 1.165) is 48.8 Å². The van der Waals surface area contributed by atoms with E-state index in [0.29, 0.717) is 55.4 Å². The molecule has 3 aliphatic rings. The van der Waals surface area contributed by atoms with Gasteiger partial charge in [0.05, 0.1) is 12.6 Å². The molecule has 10 heteroatoms. The first-order valence-electron chi connectivity index (χ1n) is 13.9. The van der Waals surface area contributed by atoms with E-state index in [2.05, 4.69) is 15.2 Å². The molecule has 1 aliphatic heterocycles. The summed E-state index contributed by atoms with van der Waals surface area (Å²) in [5, 5.41) is 15.8. The van der Waals surface area contributed by atoms with Gasteiger partial charge in [0.25, 0.3) is 12.0 Å². The highest BCUT2D eigenvalue weighted by molar-refractivity contribution is 6.04. The van der Waals surface area contributed by atoms with Gasteiger partial charge in [-0.25, -0.2) is 13.8 Å². The van der Waals surface area contributed by atoms with Crippen LogP contribution in [0.15, 0.2) is 29.2 Å². The summed E-state index contributed by atoms with van der Waals surface area (Å²) in [6, 6.07) is 6.01. The van der Waals surface area contributed by atoms with Crippen molar-refractivity contribution in [3.8, 4) is 0 Å². The fourth-order valence-corrected chi connectivity index (χ4v) is 5.96. The second kappa shape index (κ2) is 10.8. The lowest BCUT2D eigenvalue weighted by atomic mass is 9.92. The number of piperazine rings is 1. The number of rotatable bonds is 8. The number of halogens is 2. The third-order valence-electron chi connectivity index (χ3n) is 8.36. The molecule has 0 unspecified atom stereocenters. The fourth-order valence-electron chi connectivity index (χ4n) is 5.96. The molecule has 2 N–H and O–H groups in total. The highest BCUT2D eigenvalue weighted by atomic mass is 19.3. The van der Waals surface area contributed by atoms with Gasteiger partial charge in [-0.1, -0.05) is 12.1 Å². The molecule has 0 radical (unpaired) electrons. The van der Waals surface area contributed by atoms with Crippen LogP contribution in [0.25, 0.3) is 21.8 Å². The van der Waals surface area contributed by atoms with Crippen LogP contribution in [0.3, 0.4) is 0 Å². The maximum Gasteiger partial charge on any atom is 0.260 e. The molecule has 6 rings (SSSR count). The Hall–Kier alpha value is -2.69. The lowest BCUT2D eigenvalue weighted by molar-refractivity contribution is 0.0543. The number of alkyl halides is 2. The van der Waals surface area contributed by atoms with Crippen molar-refractivity contribution in [2.45, 2.75) is 63.6 Å². The largest absolute Gasteiger partial charge is 0.393 e. The lowest BCUT2D eigenvalue weighted by Gasteiger charge is -2.34. The zero-order valence-electron chi connectivity index (χ0n) is 21.7. The molecule has 0 amide bonds. The molecule has 2 aliphatic carbocycles. The van der Waals surface area contributed by atoms with Gasteiger partial charge in [0.1, 0.15) is 5.65 Å². The molecular formula is C28H36F2N6O2. The van der Waals surface area contributed by atoms with Crippen molar-refractivity contribution in [3.05, 3.63) is 40.3 Å². The van der Waals surface area contributed by atoms with Gasteiger partial charge >= 0.3 is 0 Å². The average Bonchev–Trinajstić information content (AvgIpc) is 3.74. The van der Waals surface area contributed by atoms with E-state index in [1.807, 2.05) is 29.0 Å². The minimum absolute atomic E-state index is 0.0180. The van der Waals surface area contributed by atoms with Gasteiger partial charge in [0, 0.05) is 62.3 Å². The van der Waals surface area contributed by atoms with Gasteiger partial charge in [0.2, 0.25) is 5.95 Å². The Labute approximate surface area is 220 Å². The molecule has 3 heterocycles. The highest BCUT2D eigenvalue weighted by Gasteiger charge is 2.26. The zero-order chi connectivity index (χ0) is 26.2. The predicted molar refractivity (Wildman–Crippen MR) is 144 cm³/mol. The number of aliphatic hydroxyl groups is 1. The van der Waals surface area contributed by atoms with Crippen molar-refractivity contribution in [1.29, 1.82) is 0 Å². The Morgan fingerprint density at radius 2 is 1.71 bits per heavy atom. The molecule has 0 atom stereocenters. The average molecular weight is 527 g/mol. The van der Waals surface area contributed by atoms with Gasteiger partial charge in [-0.05, 0) is 61.5 Å². The number of aromatic nitrogens is 3. The van der Waals surface area contributed by atoms with Crippen LogP contribution in [-0.2, 0) is 6.54 Å². The second-order valence-electron chi connectivity index (χ2n) is 11.2. The summed E-state index contributed by atoms with van der Waals surface area (Å²) in [6.07, 6.45) is 4.49. The summed E-state index contributed by atoms with van der Waals surface area (Å²) in [6.45, 7) is 4.04. The molecule has 0 spiro atoms. The van der Waals surface area contributed by atoms with Crippen molar-refractivity contribution >= 4 is 27.8 Å². The second-order valence-corrected chi connectivity index (χ2v) is 11.2. The van der Waals surface area contributed by atoms with Crippen molar-refractivity contribution < 1.29 is 13.9 Å². The molecule has 2 aromatic heterocycles. The quantitative estimate of drug-likeness (QED) is 0.434. The molecule has 8 nitrogen and oxygen atoms in total. The van der Waals surface area contributed by atoms with E-state index in [4.69, 9.17) is 4.98 Å². The topological polar surface area (TPSA) is 86.5 Å². The summed E-state index contributed by atoms with van der Waals surface area (Å²) in [5.41, 5.74) is 1.63. The number of nitrogens with zero attached hydrogens (tertiary/aromatic N) is 5. The van der Waals surface area contributed by atoms with Crippen LogP contribution in [0.5, 0.6) is 0 Å². The Morgan fingerprint density at radius 1 is 0.974 bits per heavy atom. The number of pyridine rings is 1. The Bertz CT molecular complexity index is 1340. The van der Waals surface area contributed by atoms with Gasteiger partial charge in [0.15, 0.2) is 0 Å². The molecule has 204 valence electrons. The number of hydrogen-bond donors (Lipinski definition) is 2. The van der Waals surface area contributed by atoms with E-state index < -0.39 is 6.43 Å². The number of benzene rings is 1. The Balaban J connectivity index is 1.33. The standard InChI is InChI=1S/C28H36F2N6O2/c29-25(30)17-35-11-9-34(10-12-35)16-19-3-8-22-23(13-19)27(38)36(20-4-6-21(37)7-5-20)26-24(22)15-32-28(33-26)31-14-18-1-2-18/h3,8,13,15,18,20-21,25,37H,1-2,4-7,9-12,14,16-17H2,(H,31,32,33). The van der Waals surface area contributed by atoms with Crippen LogP contribution in [0.1, 0.15) is 50.1 Å². The van der Waals surface area contributed by atoms with Crippen LogP contribution < -0.4 is 10.9 Å². The van der Waals surface area contributed by atoms with Crippen molar-refractivity contribution in [2.24, 2.45) is 5.92 Å². The maximum atomic E-state index is 14.0. The molecule has 2 saturated carbocycles. The summed E-state index contributed by atoms with van der Waals surface area (Å²) >= 11 is 0. The minimum atomic E-state index is -2.31. The van der Waals surface area contributed by atoms with Crippen LogP contribution in [0, 0.1) is 5.92 Å². The van der Waals surface area contributed by atoms with Crippen molar-refractivity contribution in [3.63, 3.8) is 0 Å². The molecule has 3 aromatic rings. The van der Waals surface area contributed by atoms with Gasteiger partial charge in [-0.2, -0.15) is 4.98 Å². The number of aliphatic hydroxyl groups excluding tert-OH is 1. The van der Waals surface area contributed by atoms with Gasteiger partial charge < -0.3 is 10.4 Å². The summed E-state index contributed by atoms with van der Waals surface area (Å²) in [5.74, 6) is 1.23. The van der Waals surface area contributed by atoms with Crippen LogP contribution in [0.2, 0.25) is 0 Å². The molecule has 38 heavy (non-hydrogen) atoms. The van der Waals surface area contributed by atoms with E-state index in [1.54, 1.807) is 4.90 Å². The fraction of sp³-hybridized carbons (Fsp3) is 0.607. The van der Waals surface area contributed by atoms with Gasteiger partial charge in [-0.15, -0.1) is 0 Å². The van der Waals surface area contributed by atoms with E-state index in [1.165, 1.54) is 12.8 Å². The number of nitrogens with one attached hydrogen (secondary N) is 1. The lowest BCUT2D eigenvalue weighted by Crippen LogP contribution is -2.47. The van der Waals surface area contributed by atoms with E-state index in [-0.39, 0.29) is 24.2 Å². The number of hydrogen-bond acceptors (Lipinski definition) is 7. The zero-order valence-corrected chi connectivity index (χ0v) is 21.7. The SMILES string of the molecule is O=c1c2cc(CN3CCN(CC(F)F)CC3)ccc2c2cnc(NCC3CC3)nc2n1C1CCC(O)CC1. The molecule has 0 bridgehead atoms. The first-order chi connectivity index (χ1) is 18.4. The smallest absolute Gasteiger partial charge is 0.260 e. The summed E-state index contributed by atoms with van der Waals surface area (Å²) in [4.78, 5) is 27.5. The summed E-state index contributed by atoms with van der Waals surface area (Å²) in [7, 11) is 0. The Morgan fingerprint density at radius 3 is 2.42 bits per heavy atom. The predicted octanol–water partition coefficient (Wildman–Crippen LogP) is 3.63. The molecule has 3 fully saturated rings. The van der Waals surface area contributed by atoms with Gasteiger partial charge in [-0.3, -0.25) is 19.2 Å². The first kappa shape index (κ1) is 25.6. The van der Waals surface area contributed by atoms with Crippen LogP contribution >= 0.6 is 0 Å². The minimum Gasteiger partial charge on any atom is -0.393 e. The molecule has 1 aromatic carbocycles. The number of fused-ring (bicyclic) bond motifs is 3. The summed E-state index contributed by atoms with van der Waals surface area (Å²) < 4.78 is 27.3. The maximum absolute atomic E-state index is 14.0. The van der Waals surface area contributed by atoms with E-state index in [9.17, 15) is 18.7 Å². The molecule has 1 saturated heterocycles. The van der Waals surface area contributed by atoms with E-state index >= 15 is 0 Å². The third kappa shape index (κ3) is 5.53. The third-order valence-corrected chi connectivity index (χ3v) is 8.36. The monoisotopic (exact) mass is 526 g/mol. The van der Waals surface area contributed by atoms with Crippen molar-refractivity contribution in [2.75, 3.05) is 44.6 Å².